The number of aromatic hydroxyl groups is 1. The van der Waals surface area contributed by atoms with E-state index >= 15 is 0 Å². The number of rotatable bonds is 8. The molecular formula is C34H24I3N3O10S. The fourth-order valence-corrected chi connectivity index (χ4v) is 8.99. The number of halogens is 3. The lowest BCUT2D eigenvalue weighted by atomic mass is 9.90. The summed E-state index contributed by atoms with van der Waals surface area (Å²) >= 11 is 11.5. The second-order valence-corrected chi connectivity index (χ2v) is 14.0. The van der Waals surface area contributed by atoms with Gasteiger partial charge in [0.25, 0.3) is 5.17 Å². The van der Waals surface area contributed by atoms with Crippen LogP contribution in [0.4, 0.5) is 11.4 Å². The summed E-state index contributed by atoms with van der Waals surface area (Å²) in [4.78, 5) is 57.7. The number of esters is 1. The highest BCUT2D eigenvalue weighted by atomic mass is 127. The van der Waals surface area contributed by atoms with Crippen molar-refractivity contribution in [3.8, 4) is 28.2 Å². The molecule has 1 aliphatic heterocycles. The summed E-state index contributed by atoms with van der Waals surface area (Å²) in [6.07, 6.45) is 0.750. The van der Waals surface area contributed by atoms with Crippen molar-refractivity contribution in [3.63, 3.8) is 0 Å². The number of carboxylic acids is 1. The van der Waals surface area contributed by atoms with E-state index in [1.807, 2.05) is 29.5 Å². The molecule has 3 aromatic rings. The lowest BCUT2D eigenvalue weighted by Crippen LogP contribution is -2.20. The van der Waals surface area contributed by atoms with Gasteiger partial charge < -0.3 is 34.7 Å². The Morgan fingerprint density at radius 3 is 2.27 bits per heavy atom. The molecule has 0 saturated carbocycles. The van der Waals surface area contributed by atoms with Gasteiger partial charge in [0.1, 0.15) is 30.3 Å². The van der Waals surface area contributed by atoms with Crippen LogP contribution < -0.4 is 16.1 Å². The zero-order valence-electron chi connectivity index (χ0n) is 26.3. The summed E-state index contributed by atoms with van der Waals surface area (Å²) in [5.41, 5.74) is 3.32. The monoisotopic (exact) mass is 1050 g/mol. The molecule has 0 radical (unpaired) electrons. The maximum Gasteiger partial charge on any atom is 0.340 e. The number of amides is 1. The quantitative estimate of drug-likeness (QED) is 0.0195. The zero-order valence-corrected chi connectivity index (χ0v) is 33.6. The van der Waals surface area contributed by atoms with Gasteiger partial charge in [-0.3, -0.25) is 9.59 Å². The van der Waals surface area contributed by atoms with Crippen LogP contribution in [0.3, 0.4) is 0 Å². The molecule has 5 rings (SSSR count). The van der Waals surface area contributed by atoms with E-state index in [9.17, 15) is 29.4 Å². The molecule has 1 aliphatic carbocycles. The number of hydrogen-bond acceptors (Lipinski definition) is 11. The van der Waals surface area contributed by atoms with Gasteiger partial charge in [-0.05, 0) is 134 Å². The normalized spacial score (nSPS) is 10.5. The molecule has 1 amide bonds. The summed E-state index contributed by atoms with van der Waals surface area (Å²) in [7, 11) is 0. The van der Waals surface area contributed by atoms with Crippen LogP contribution in [0.1, 0.15) is 33.2 Å². The maximum absolute atomic E-state index is 13.0. The first kappa shape index (κ1) is 39.6. The number of anilines is 2. The first-order valence-corrected chi connectivity index (χ1v) is 18.0. The molecule has 51 heavy (non-hydrogen) atoms. The van der Waals surface area contributed by atoms with E-state index in [-0.39, 0.29) is 52.4 Å². The molecule has 3 aromatic carbocycles. The number of nitrogens with one attached hydrogen (secondary N) is 3. The number of carboxylic acid groups (broad SMARTS) is 1. The third-order valence-corrected chi connectivity index (χ3v) is 11.0. The van der Waals surface area contributed by atoms with Gasteiger partial charge in [-0.25, -0.2) is 19.8 Å². The fourth-order valence-electron chi connectivity index (χ4n) is 4.92. The van der Waals surface area contributed by atoms with E-state index in [4.69, 9.17) is 36.3 Å². The summed E-state index contributed by atoms with van der Waals surface area (Å²) in [6.45, 7) is 3.03. The summed E-state index contributed by atoms with van der Waals surface area (Å²) in [5, 5.41) is 31.7. The van der Waals surface area contributed by atoms with E-state index < -0.39 is 11.9 Å². The molecule has 2 aliphatic rings. The highest BCUT2D eigenvalue weighted by Gasteiger charge is 2.25. The Morgan fingerprint density at radius 1 is 0.941 bits per heavy atom. The van der Waals surface area contributed by atoms with Crippen LogP contribution in [0.5, 0.6) is 5.75 Å². The minimum Gasteiger partial charge on any atom is -0.508 e. The molecule has 13 nitrogen and oxygen atoms in total. The number of ether oxygens (including phenoxy) is 2. The second kappa shape index (κ2) is 17.4. The second-order valence-electron chi connectivity index (χ2n) is 10.4. The van der Waals surface area contributed by atoms with Crippen molar-refractivity contribution in [1.29, 1.82) is 5.41 Å². The van der Waals surface area contributed by atoms with Gasteiger partial charge in [0, 0.05) is 48.4 Å². The van der Waals surface area contributed by atoms with Gasteiger partial charge in [-0.15, -0.1) is 0 Å². The zero-order chi connectivity index (χ0) is 37.6. The van der Waals surface area contributed by atoms with E-state index in [1.165, 1.54) is 37.3 Å². The Balaban J connectivity index is 0.00000188. The van der Waals surface area contributed by atoms with Crippen LogP contribution in [0.25, 0.3) is 33.4 Å². The lowest BCUT2D eigenvalue weighted by Gasteiger charge is -2.18. The molecule has 0 atom stereocenters. The number of fused-ring (bicyclic) bond motifs is 2. The summed E-state index contributed by atoms with van der Waals surface area (Å²) in [5.74, 6) is -1.89. The molecule has 17 heteroatoms. The summed E-state index contributed by atoms with van der Waals surface area (Å²) < 4.78 is 18.9. The highest BCUT2D eigenvalue weighted by molar-refractivity contribution is 14.1. The Kier molecular flexibility index (Phi) is 13.5. The first-order chi connectivity index (χ1) is 24.2. The number of hydrogen-bond donors (Lipinski definition) is 5. The van der Waals surface area contributed by atoms with E-state index in [2.05, 4.69) is 55.8 Å². The van der Waals surface area contributed by atoms with Gasteiger partial charge in [0.05, 0.1) is 20.4 Å². The minimum absolute atomic E-state index is 0.0540. The minimum atomic E-state index is -1.22. The molecule has 0 saturated heterocycles. The van der Waals surface area contributed by atoms with Crippen molar-refractivity contribution in [1.82, 2.24) is 0 Å². The molecule has 0 fully saturated rings. The van der Waals surface area contributed by atoms with Gasteiger partial charge in [0.2, 0.25) is 12.0 Å². The third kappa shape index (κ3) is 9.19. The van der Waals surface area contributed by atoms with Crippen LogP contribution >= 0.6 is 80.0 Å². The average molecular weight is 1050 g/mol. The number of benzene rings is 4. The van der Waals surface area contributed by atoms with Crippen LogP contribution in [0.2, 0.25) is 0 Å². The Bertz CT molecular complexity index is 2290. The topological polar surface area (TPSA) is 205 Å². The Labute approximate surface area is 335 Å². The van der Waals surface area contributed by atoms with Crippen molar-refractivity contribution in [3.05, 3.63) is 92.2 Å². The average Bonchev–Trinajstić information content (AvgIpc) is 3.07. The molecule has 262 valence electrons. The van der Waals surface area contributed by atoms with Crippen molar-refractivity contribution >= 4 is 131 Å². The summed E-state index contributed by atoms with van der Waals surface area (Å²) in [6, 6.07) is 13.3. The third-order valence-electron chi connectivity index (χ3n) is 7.03. The number of aromatic carboxylic acids is 1. The SMILES string of the molecule is CC(=O)Nc1c(I)c(C)c(I)c(C(=O)OCCOC(=S)Nc2ccc(-c3c4ccc(=O)cc-4oc4cc(O)ccc34)c(C(=O)O)c2)c1I.N=C=O. The largest absolute Gasteiger partial charge is 0.508 e. The highest BCUT2D eigenvalue weighted by Crippen LogP contribution is 2.42. The smallest absolute Gasteiger partial charge is 0.340 e. The predicted molar refractivity (Wildman–Crippen MR) is 218 cm³/mol. The van der Waals surface area contributed by atoms with E-state index in [0.29, 0.717) is 46.2 Å². The molecule has 0 unspecified atom stereocenters. The van der Waals surface area contributed by atoms with Crippen molar-refractivity contribution in [2.75, 3.05) is 23.8 Å². The number of carbonyl (C=O) groups excluding carboxylic acids is 3. The van der Waals surface area contributed by atoms with Crippen molar-refractivity contribution in [2.45, 2.75) is 13.8 Å². The molecular weight excluding hydrogens is 1020 g/mol. The van der Waals surface area contributed by atoms with Crippen molar-refractivity contribution in [2.24, 2.45) is 0 Å². The molecule has 0 aromatic heterocycles. The number of isocyanates is 1. The molecule has 0 bridgehead atoms. The predicted octanol–water partition coefficient (Wildman–Crippen LogP) is 7.52. The first-order valence-electron chi connectivity index (χ1n) is 14.3. The molecule has 5 N–H and O–H groups in total. The van der Waals surface area contributed by atoms with Crippen LogP contribution in [-0.2, 0) is 19.1 Å². The maximum atomic E-state index is 13.0. The molecule has 0 spiro atoms. The number of thiocarbonyl (C=S) groups is 1. The molecule has 1 heterocycles. The van der Waals surface area contributed by atoms with E-state index in [1.54, 1.807) is 24.3 Å². The Morgan fingerprint density at radius 2 is 1.61 bits per heavy atom. The van der Waals surface area contributed by atoms with Gasteiger partial charge in [0.15, 0.2) is 5.43 Å². The van der Waals surface area contributed by atoms with E-state index in [0.717, 1.165) is 15.2 Å². The fraction of sp³-hybridized carbons (Fsp3) is 0.118. The Hall–Kier alpha value is -4.18. The van der Waals surface area contributed by atoms with Gasteiger partial charge in [-0.2, -0.15) is 0 Å². The standard InChI is InChI=1S/C33H23I3N2O9S.CHNO/c1-14-27(34)26(29(36)30(28(14)35)37-15(2)39)32(44)45-9-10-46-33(48)38-16-3-6-19(22(11-16)31(42)43)25-20-7-4-17(40)12-23(20)47-24-13-18(41)5-8-21(24)25;2-1-3/h3-8,11-13,40H,9-10H2,1-2H3,(H,37,39)(H,38,48)(H,42,43);2H. The van der Waals surface area contributed by atoms with Crippen LogP contribution in [-0.4, -0.2) is 52.5 Å². The van der Waals surface area contributed by atoms with Gasteiger partial charge >= 0.3 is 11.9 Å². The van der Waals surface area contributed by atoms with Crippen molar-refractivity contribution < 1.29 is 43.3 Å². The number of phenolic OH excluding ortho intramolecular Hbond substituents is 1. The van der Waals surface area contributed by atoms with Gasteiger partial charge in [-0.1, -0.05) is 6.07 Å². The number of carbonyl (C=O) groups is 3. The number of phenols is 1. The van der Waals surface area contributed by atoms with Crippen LogP contribution in [0, 0.1) is 23.0 Å². The lowest BCUT2D eigenvalue weighted by molar-refractivity contribution is -0.114. The van der Waals surface area contributed by atoms with Crippen LogP contribution in [0.15, 0.2) is 63.8 Å².